The molecule has 2 aromatic rings. The fourth-order valence-corrected chi connectivity index (χ4v) is 2.83. The molecule has 0 aromatic heterocycles. The van der Waals surface area contributed by atoms with E-state index in [9.17, 15) is 9.59 Å². The molecule has 0 saturated carbocycles. The number of nitrogens with one attached hydrogen (secondary N) is 1. The zero-order valence-corrected chi connectivity index (χ0v) is 18.5. The van der Waals surface area contributed by atoms with Crippen LogP contribution in [-0.4, -0.2) is 43.0 Å². The van der Waals surface area contributed by atoms with Crippen molar-refractivity contribution in [2.45, 2.75) is 40.3 Å². The molecule has 0 aliphatic rings. The Hall–Kier alpha value is -3.02. The fourth-order valence-electron chi connectivity index (χ4n) is 2.83. The highest BCUT2D eigenvalue weighted by Crippen LogP contribution is 2.18. The van der Waals surface area contributed by atoms with E-state index in [1.54, 1.807) is 43.2 Å². The number of amides is 2. The Bertz CT molecular complexity index is 816. The average Bonchev–Trinajstić information content (AvgIpc) is 2.75. The molecule has 0 unspecified atom stereocenters. The molecular formula is C24H32N2O4. The lowest BCUT2D eigenvalue weighted by Gasteiger charge is -2.29. The van der Waals surface area contributed by atoms with Gasteiger partial charge in [-0.2, -0.15) is 0 Å². The van der Waals surface area contributed by atoms with E-state index in [2.05, 4.69) is 5.32 Å². The lowest BCUT2D eigenvalue weighted by atomic mass is 10.1. The second-order valence-corrected chi connectivity index (χ2v) is 7.79. The van der Waals surface area contributed by atoms with Gasteiger partial charge in [-0.1, -0.05) is 43.7 Å². The molecule has 0 heterocycles. The van der Waals surface area contributed by atoms with E-state index in [1.165, 1.54) is 0 Å². The number of nitrogens with zero attached hydrogens (tertiary/aromatic N) is 1. The van der Waals surface area contributed by atoms with Crippen molar-refractivity contribution in [3.05, 3.63) is 59.7 Å². The molecule has 162 valence electrons. The first kappa shape index (κ1) is 23.3. The molecule has 0 aliphatic carbocycles. The summed E-state index contributed by atoms with van der Waals surface area (Å²) in [6, 6.07) is 14.3. The zero-order chi connectivity index (χ0) is 22.1. The van der Waals surface area contributed by atoms with Crippen LogP contribution in [0.2, 0.25) is 0 Å². The van der Waals surface area contributed by atoms with Crippen molar-refractivity contribution >= 4 is 11.8 Å². The molecule has 0 fully saturated rings. The second kappa shape index (κ2) is 11.2. The Morgan fingerprint density at radius 3 is 2.13 bits per heavy atom. The van der Waals surface area contributed by atoms with Gasteiger partial charge >= 0.3 is 0 Å². The molecule has 2 aromatic carbocycles. The van der Waals surface area contributed by atoms with Gasteiger partial charge in [0.2, 0.25) is 5.91 Å². The van der Waals surface area contributed by atoms with Crippen LogP contribution in [0.4, 0.5) is 0 Å². The van der Waals surface area contributed by atoms with Crippen molar-refractivity contribution in [3.63, 3.8) is 0 Å². The predicted octanol–water partition coefficient (Wildman–Crippen LogP) is 3.57. The van der Waals surface area contributed by atoms with Crippen LogP contribution in [-0.2, 0) is 16.1 Å². The first-order valence-electron chi connectivity index (χ1n) is 10.2. The summed E-state index contributed by atoms with van der Waals surface area (Å²) < 4.78 is 10.8. The van der Waals surface area contributed by atoms with Crippen LogP contribution in [0.15, 0.2) is 48.5 Å². The monoisotopic (exact) mass is 412 g/mol. The van der Waals surface area contributed by atoms with Crippen molar-refractivity contribution < 1.29 is 19.1 Å². The second-order valence-electron chi connectivity index (χ2n) is 7.79. The van der Waals surface area contributed by atoms with Crippen LogP contribution in [0.1, 0.15) is 31.9 Å². The van der Waals surface area contributed by atoms with Crippen LogP contribution in [0.3, 0.4) is 0 Å². The van der Waals surface area contributed by atoms with Gasteiger partial charge in [-0.25, -0.2) is 0 Å². The van der Waals surface area contributed by atoms with E-state index in [-0.39, 0.29) is 18.4 Å². The number of hydrogen-bond donors (Lipinski definition) is 1. The van der Waals surface area contributed by atoms with Crippen LogP contribution < -0.4 is 14.8 Å². The molecule has 2 rings (SSSR count). The van der Waals surface area contributed by atoms with Crippen LogP contribution in [0.5, 0.6) is 11.5 Å². The van der Waals surface area contributed by atoms with E-state index in [4.69, 9.17) is 9.47 Å². The zero-order valence-electron chi connectivity index (χ0n) is 18.5. The standard InChI is InChI=1S/C24H32N2O4/c1-17(2)14-25-24(28)19(4)26(15-20-8-6-18(3)7-9-20)23(27)16-30-22-12-10-21(29-5)11-13-22/h6-13,17,19H,14-16H2,1-5H3,(H,25,28)/t19-/m1/s1. The van der Waals surface area contributed by atoms with Crippen molar-refractivity contribution in [1.29, 1.82) is 0 Å². The summed E-state index contributed by atoms with van der Waals surface area (Å²) in [5.41, 5.74) is 2.10. The lowest BCUT2D eigenvalue weighted by Crippen LogP contribution is -2.49. The van der Waals surface area contributed by atoms with Gasteiger partial charge in [-0.05, 0) is 49.6 Å². The quantitative estimate of drug-likeness (QED) is 0.648. The fraction of sp³-hybridized carbons (Fsp3) is 0.417. The largest absolute Gasteiger partial charge is 0.497 e. The molecule has 0 aliphatic heterocycles. The highest BCUT2D eigenvalue weighted by molar-refractivity contribution is 5.87. The molecule has 0 radical (unpaired) electrons. The Morgan fingerprint density at radius 2 is 1.57 bits per heavy atom. The van der Waals surface area contributed by atoms with Gasteiger partial charge in [-0.3, -0.25) is 9.59 Å². The summed E-state index contributed by atoms with van der Waals surface area (Å²) in [6.07, 6.45) is 0. The minimum absolute atomic E-state index is 0.153. The number of carbonyl (C=O) groups is 2. The number of hydrogen-bond acceptors (Lipinski definition) is 4. The molecule has 2 amide bonds. The highest BCUT2D eigenvalue weighted by Gasteiger charge is 2.26. The number of aryl methyl sites for hydroxylation is 1. The Kier molecular flexibility index (Phi) is 8.71. The van der Waals surface area contributed by atoms with Gasteiger partial charge in [0.05, 0.1) is 7.11 Å². The van der Waals surface area contributed by atoms with E-state index < -0.39 is 6.04 Å². The van der Waals surface area contributed by atoms with Crippen LogP contribution >= 0.6 is 0 Å². The SMILES string of the molecule is COc1ccc(OCC(=O)N(Cc2ccc(C)cc2)[C@H](C)C(=O)NCC(C)C)cc1. The van der Waals surface area contributed by atoms with Crippen molar-refractivity contribution in [2.24, 2.45) is 5.92 Å². The minimum atomic E-state index is -0.614. The number of rotatable bonds is 10. The number of methoxy groups -OCH3 is 1. The summed E-state index contributed by atoms with van der Waals surface area (Å²) in [5.74, 6) is 1.19. The predicted molar refractivity (Wildman–Crippen MR) is 118 cm³/mol. The molecule has 0 saturated heterocycles. The van der Waals surface area contributed by atoms with Crippen LogP contribution in [0.25, 0.3) is 0 Å². The van der Waals surface area contributed by atoms with Gasteiger partial charge in [0, 0.05) is 13.1 Å². The van der Waals surface area contributed by atoms with Crippen molar-refractivity contribution in [2.75, 3.05) is 20.3 Å². The maximum absolute atomic E-state index is 13.0. The molecule has 30 heavy (non-hydrogen) atoms. The summed E-state index contributed by atoms with van der Waals surface area (Å²) in [6.45, 7) is 8.57. The van der Waals surface area contributed by atoms with Gasteiger partial charge in [-0.15, -0.1) is 0 Å². The summed E-state index contributed by atoms with van der Waals surface area (Å²) in [4.78, 5) is 27.2. The molecule has 1 atom stereocenters. The first-order valence-corrected chi connectivity index (χ1v) is 10.2. The van der Waals surface area contributed by atoms with Crippen molar-refractivity contribution in [1.82, 2.24) is 10.2 Å². The average molecular weight is 413 g/mol. The molecule has 1 N–H and O–H groups in total. The van der Waals surface area contributed by atoms with Crippen molar-refractivity contribution in [3.8, 4) is 11.5 Å². The topological polar surface area (TPSA) is 67.9 Å². The normalized spacial score (nSPS) is 11.7. The molecule has 6 nitrogen and oxygen atoms in total. The summed E-state index contributed by atoms with van der Waals surface area (Å²) >= 11 is 0. The maximum atomic E-state index is 13.0. The number of ether oxygens (including phenoxy) is 2. The number of carbonyl (C=O) groups excluding carboxylic acids is 2. The maximum Gasteiger partial charge on any atom is 0.261 e. The molecule has 0 spiro atoms. The lowest BCUT2D eigenvalue weighted by molar-refractivity contribution is -0.142. The number of benzene rings is 2. The third-order valence-electron chi connectivity index (χ3n) is 4.75. The van der Waals surface area contributed by atoms with Crippen LogP contribution in [0, 0.1) is 12.8 Å². The Labute approximate surface area is 179 Å². The molecule has 6 heteroatoms. The van der Waals surface area contributed by atoms with Gasteiger partial charge < -0.3 is 19.7 Å². The third kappa shape index (κ3) is 7.10. The molecular weight excluding hydrogens is 380 g/mol. The summed E-state index contributed by atoms with van der Waals surface area (Å²) in [7, 11) is 1.59. The molecule has 0 bridgehead atoms. The smallest absolute Gasteiger partial charge is 0.261 e. The first-order chi connectivity index (χ1) is 14.3. The van der Waals surface area contributed by atoms with Gasteiger partial charge in [0.15, 0.2) is 6.61 Å². The van der Waals surface area contributed by atoms with Gasteiger partial charge in [0.1, 0.15) is 17.5 Å². The minimum Gasteiger partial charge on any atom is -0.497 e. The van der Waals surface area contributed by atoms with E-state index in [0.717, 1.165) is 11.1 Å². The van der Waals surface area contributed by atoms with Gasteiger partial charge in [0.25, 0.3) is 5.91 Å². The third-order valence-corrected chi connectivity index (χ3v) is 4.75. The Balaban J connectivity index is 2.10. The van der Waals surface area contributed by atoms with E-state index in [1.807, 2.05) is 45.0 Å². The van der Waals surface area contributed by atoms with E-state index >= 15 is 0 Å². The van der Waals surface area contributed by atoms with E-state index in [0.29, 0.717) is 30.5 Å². The summed E-state index contributed by atoms with van der Waals surface area (Å²) in [5, 5.41) is 2.91. The highest BCUT2D eigenvalue weighted by atomic mass is 16.5. The Morgan fingerprint density at radius 1 is 0.967 bits per heavy atom.